The summed E-state index contributed by atoms with van der Waals surface area (Å²) in [6, 6.07) is 1.06. The number of ether oxygens (including phenoxy) is 4. The zero-order valence-electron chi connectivity index (χ0n) is 30.7. The molecule has 5 bridgehead atoms. The van der Waals surface area contributed by atoms with E-state index in [0.29, 0.717) is 0 Å². The molecule has 0 fully saturated rings. The molecular weight excluding hydrogens is 673 g/mol. The molecule has 3 aliphatic heterocycles. The van der Waals surface area contributed by atoms with Crippen LogP contribution in [0.5, 0.6) is 23.0 Å². The number of amides is 1. The van der Waals surface area contributed by atoms with E-state index in [1.54, 1.807) is 39.8 Å². The summed E-state index contributed by atoms with van der Waals surface area (Å²) >= 11 is 0. The largest absolute Gasteiger partial charge is 0.507 e. The number of aliphatic hydroxyl groups is 2. The Morgan fingerprint density at radius 2 is 1.61 bits per heavy atom. The van der Waals surface area contributed by atoms with Crippen molar-refractivity contribution in [2.24, 2.45) is 23.7 Å². The number of phenols is 3. The van der Waals surface area contributed by atoms with Gasteiger partial charge in [-0.25, -0.2) is 0 Å². The number of allylic oxidation sites excluding steroid dienone is 2. The van der Waals surface area contributed by atoms with Gasteiger partial charge in [-0.3, -0.25) is 14.4 Å². The van der Waals surface area contributed by atoms with Gasteiger partial charge in [0.05, 0.1) is 41.2 Å². The first-order valence-electron chi connectivity index (χ1n) is 16.4. The van der Waals surface area contributed by atoms with E-state index < -0.39 is 88.8 Å². The number of benzene rings is 2. The van der Waals surface area contributed by atoms with Crippen LogP contribution in [0.2, 0.25) is 0 Å². The number of hydrogen-bond acceptors (Lipinski definition) is 12. The summed E-state index contributed by atoms with van der Waals surface area (Å²) in [5.74, 6) is -7.99. The number of aromatic hydroxyl groups is 3. The second kappa shape index (κ2) is 16.4. The summed E-state index contributed by atoms with van der Waals surface area (Å²) in [5, 5.41) is 58.2. The second-order valence-corrected chi connectivity index (χ2v) is 13.4. The fourth-order valence-electron chi connectivity index (χ4n) is 6.65. The van der Waals surface area contributed by atoms with E-state index in [0.717, 1.165) is 6.07 Å². The molecule has 0 spiro atoms. The van der Waals surface area contributed by atoms with Crippen LogP contribution in [0.1, 0.15) is 65.8 Å². The fraction of sp³-hybridized carbons (Fsp3) is 0.486. The number of anilines is 1. The first kappa shape index (κ1) is 41.8. The molecule has 0 aromatic heterocycles. The van der Waals surface area contributed by atoms with Gasteiger partial charge in [-0.2, -0.15) is 0 Å². The number of nitrogens with one attached hydrogen (secondary N) is 1. The number of rotatable bonds is 2. The average Bonchev–Trinajstić information content (AvgIpc) is 3.33. The first-order chi connectivity index (χ1) is 23.4. The maximum absolute atomic E-state index is 13.9. The standard InChI is InChI=1S/C37H47NO12.Na.H2/c1-16-11-10-12-17(2)36(46)38-23-15-24(40)26-27(32(23)44)31(43)21(6)34-28(26)35(45)37(8,50-34)48-14-13-25(47-9)18(3)33(49-22(7)39)20(5)30(42)19(4)29(16)41;;/h10-16,18-20,25,29-30,33,40-44H,1-9H3,(H,38,46);;1H/t16-,18+,19+,20+,25-,29-,30+,33+,37-;;/m0../s1. The number of Topliss-reactive ketones (excluding diaryl/α,β-unsaturated/α-hetero) is 1. The smallest absolute Gasteiger partial charge is 0.312 e. The number of hydrogen-bond donors (Lipinski definition) is 6. The zero-order valence-corrected chi connectivity index (χ0v) is 32.7. The SMILES string of the molecule is CO[C@H]1C=CO[C@@]2(C)Oc3c(C)c(O)c4c(O)c(cc(O)c4c3C2=O)NC(=O)C(C)=CC=C[C@H](C)[C@H](O)[C@@H](C)[C@@H](O)[C@@H](C)[C@H](OC(C)=O)[C@@H]1C.[HH].[Na]. The summed E-state index contributed by atoms with van der Waals surface area (Å²) in [6.07, 6.45) is 3.62. The van der Waals surface area contributed by atoms with Gasteiger partial charge in [0.2, 0.25) is 0 Å². The number of carbonyl (C=O) groups excluding carboxylic acids is 3. The number of ketones is 1. The van der Waals surface area contributed by atoms with Crippen molar-refractivity contribution < 1.29 is 60.3 Å². The van der Waals surface area contributed by atoms with Gasteiger partial charge in [0, 0.05) is 98.2 Å². The van der Waals surface area contributed by atoms with Crippen molar-refractivity contribution in [2.75, 3.05) is 12.4 Å². The Kier molecular flexibility index (Phi) is 13.4. The molecule has 275 valence electrons. The van der Waals surface area contributed by atoms with Crippen LogP contribution in [0, 0.1) is 30.6 Å². The molecule has 1 radical (unpaired) electrons. The minimum absolute atomic E-state index is 0. The van der Waals surface area contributed by atoms with E-state index in [9.17, 15) is 39.9 Å². The first-order valence-corrected chi connectivity index (χ1v) is 16.4. The van der Waals surface area contributed by atoms with Crippen molar-refractivity contribution in [2.45, 2.75) is 85.6 Å². The Morgan fingerprint density at radius 3 is 2.22 bits per heavy atom. The van der Waals surface area contributed by atoms with Crippen molar-refractivity contribution in [3.8, 4) is 23.0 Å². The number of methoxy groups -OCH3 is 1. The van der Waals surface area contributed by atoms with Crippen LogP contribution < -0.4 is 10.1 Å². The van der Waals surface area contributed by atoms with Crippen LogP contribution in [0.4, 0.5) is 5.69 Å². The minimum Gasteiger partial charge on any atom is -0.507 e. The second-order valence-electron chi connectivity index (χ2n) is 13.4. The maximum atomic E-state index is 13.9. The molecule has 0 aliphatic carbocycles. The van der Waals surface area contributed by atoms with Crippen molar-refractivity contribution >= 4 is 63.7 Å². The Bertz CT molecular complexity index is 1780. The third-order valence-corrected chi connectivity index (χ3v) is 9.84. The summed E-state index contributed by atoms with van der Waals surface area (Å²) in [6.45, 7) is 12.5. The molecular formula is C37H49NNaO12. The Balaban J connectivity index is 0.00000468. The number of aliphatic hydroxyl groups excluding tert-OH is 2. The van der Waals surface area contributed by atoms with Gasteiger partial charge in [-0.1, -0.05) is 45.9 Å². The van der Waals surface area contributed by atoms with Crippen molar-refractivity contribution in [1.82, 2.24) is 0 Å². The minimum atomic E-state index is -1.98. The van der Waals surface area contributed by atoms with Crippen LogP contribution in [0.15, 0.2) is 42.2 Å². The van der Waals surface area contributed by atoms with E-state index in [2.05, 4.69) is 5.32 Å². The van der Waals surface area contributed by atoms with Crippen LogP contribution in [0.3, 0.4) is 0 Å². The Labute approximate surface area is 320 Å². The van der Waals surface area contributed by atoms with Crippen molar-refractivity contribution in [3.05, 3.63) is 53.3 Å². The summed E-state index contributed by atoms with van der Waals surface area (Å²) in [4.78, 5) is 39.2. The fourth-order valence-corrected chi connectivity index (χ4v) is 6.65. The van der Waals surface area contributed by atoms with Crippen molar-refractivity contribution in [3.63, 3.8) is 0 Å². The normalized spacial score (nSPS) is 30.3. The van der Waals surface area contributed by atoms with E-state index in [1.165, 1.54) is 53.2 Å². The molecule has 9 atom stereocenters. The monoisotopic (exact) mass is 722 g/mol. The molecule has 13 nitrogen and oxygen atoms in total. The van der Waals surface area contributed by atoms with E-state index >= 15 is 0 Å². The molecule has 5 rings (SSSR count). The van der Waals surface area contributed by atoms with Gasteiger partial charge < -0.3 is 49.8 Å². The molecule has 0 unspecified atom stereocenters. The molecule has 2 aromatic rings. The third kappa shape index (κ3) is 8.08. The van der Waals surface area contributed by atoms with Gasteiger partial charge in [0.25, 0.3) is 11.7 Å². The molecule has 2 aromatic carbocycles. The molecule has 14 heteroatoms. The summed E-state index contributed by atoms with van der Waals surface area (Å²) < 4.78 is 23.2. The van der Waals surface area contributed by atoms with Gasteiger partial charge in [0.1, 0.15) is 23.4 Å². The van der Waals surface area contributed by atoms with Gasteiger partial charge >= 0.3 is 11.8 Å². The molecule has 3 aliphatic rings. The Hall–Kier alpha value is -3.59. The van der Waals surface area contributed by atoms with Crippen molar-refractivity contribution in [1.29, 1.82) is 0 Å². The third-order valence-electron chi connectivity index (χ3n) is 9.84. The number of fused-ring (bicyclic) bond motifs is 14. The molecule has 0 saturated carbocycles. The van der Waals surface area contributed by atoms with Gasteiger partial charge in [-0.15, -0.1) is 0 Å². The van der Waals surface area contributed by atoms with E-state index in [4.69, 9.17) is 18.9 Å². The van der Waals surface area contributed by atoms with Crippen LogP contribution in [-0.4, -0.2) is 110 Å². The summed E-state index contributed by atoms with van der Waals surface area (Å²) in [7, 11) is 1.43. The summed E-state index contributed by atoms with van der Waals surface area (Å²) in [5.41, 5.74) is -0.0929. The van der Waals surface area contributed by atoms with Crippen LogP contribution in [0.25, 0.3) is 10.8 Å². The predicted molar refractivity (Wildman–Crippen MR) is 192 cm³/mol. The molecule has 0 saturated heterocycles. The molecule has 1 amide bonds. The van der Waals surface area contributed by atoms with Crippen LogP contribution in [-0.2, 0) is 23.8 Å². The van der Waals surface area contributed by atoms with Gasteiger partial charge in [-0.05, 0) is 19.9 Å². The average molecular weight is 723 g/mol. The quantitative estimate of drug-likeness (QED) is 0.109. The van der Waals surface area contributed by atoms with E-state index in [1.807, 2.05) is 0 Å². The Morgan fingerprint density at radius 1 is 0.961 bits per heavy atom. The zero-order chi connectivity index (χ0) is 37.4. The van der Waals surface area contributed by atoms with Crippen LogP contribution >= 0.6 is 0 Å². The molecule has 3 heterocycles. The number of esters is 1. The maximum Gasteiger partial charge on any atom is 0.312 e. The number of phenolic OH excluding ortho intramolecular Hbond substituents is 3. The van der Waals surface area contributed by atoms with E-state index in [-0.39, 0.29) is 69.9 Å². The number of carbonyl (C=O) groups is 3. The predicted octanol–water partition coefficient (Wildman–Crippen LogP) is 4.62. The van der Waals surface area contributed by atoms with Gasteiger partial charge in [0.15, 0.2) is 5.75 Å². The molecule has 6 N–H and O–H groups in total. The topological polar surface area (TPSA) is 201 Å². The molecule has 51 heavy (non-hydrogen) atoms.